The van der Waals surface area contributed by atoms with E-state index in [0.717, 1.165) is 11.3 Å². The van der Waals surface area contributed by atoms with Crippen molar-refractivity contribution in [1.82, 2.24) is 9.55 Å². The minimum Gasteiger partial charge on any atom is -0.328 e. The summed E-state index contributed by atoms with van der Waals surface area (Å²) in [5.41, 5.74) is 2.88. The molecule has 0 unspecified atom stereocenters. The highest BCUT2D eigenvalue weighted by molar-refractivity contribution is 7.71. The van der Waals surface area contributed by atoms with Crippen LogP contribution < -0.4 is 0 Å². The zero-order valence-corrected chi connectivity index (χ0v) is 11.2. The molecule has 3 nitrogen and oxygen atoms in total. The summed E-state index contributed by atoms with van der Waals surface area (Å²) in [5, 5.41) is 8.67. The standard InChI is InChI=1S/C15H10FN3S/c16-12-2-1-3-13-14(12)18-15(20)19(13)11-6-4-10(5-7-11)8-9-17/h1-7H,8H2,(H,18,20). The van der Waals surface area contributed by atoms with Crippen molar-refractivity contribution in [2.24, 2.45) is 0 Å². The van der Waals surface area contributed by atoms with E-state index < -0.39 is 0 Å². The molecule has 98 valence electrons. The number of aromatic nitrogens is 2. The van der Waals surface area contributed by atoms with Gasteiger partial charge in [0.05, 0.1) is 18.0 Å². The number of nitrogens with zero attached hydrogens (tertiary/aromatic N) is 2. The molecule has 0 saturated heterocycles. The lowest BCUT2D eigenvalue weighted by Crippen LogP contribution is -1.94. The molecule has 1 heterocycles. The fraction of sp³-hybridized carbons (Fsp3) is 0.0667. The number of para-hydroxylation sites is 1. The van der Waals surface area contributed by atoms with Crippen LogP contribution in [-0.4, -0.2) is 9.55 Å². The Bertz CT molecular complexity index is 869. The number of imidazole rings is 1. The van der Waals surface area contributed by atoms with Crippen LogP contribution in [0.3, 0.4) is 0 Å². The van der Waals surface area contributed by atoms with Gasteiger partial charge in [-0.1, -0.05) is 18.2 Å². The second-order valence-electron chi connectivity index (χ2n) is 4.40. The largest absolute Gasteiger partial charge is 0.328 e. The Morgan fingerprint density at radius 2 is 1.95 bits per heavy atom. The molecule has 3 aromatic rings. The zero-order chi connectivity index (χ0) is 14.1. The van der Waals surface area contributed by atoms with E-state index in [0.29, 0.717) is 22.2 Å². The third-order valence-corrected chi connectivity index (χ3v) is 3.43. The number of benzene rings is 2. The topological polar surface area (TPSA) is 44.5 Å². The lowest BCUT2D eigenvalue weighted by molar-refractivity contribution is 0.637. The molecule has 0 saturated carbocycles. The van der Waals surface area contributed by atoms with Crippen molar-refractivity contribution in [2.45, 2.75) is 6.42 Å². The number of hydrogen-bond acceptors (Lipinski definition) is 2. The molecule has 0 amide bonds. The highest BCUT2D eigenvalue weighted by Crippen LogP contribution is 2.21. The Morgan fingerprint density at radius 1 is 1.20 bits per heavy atom. The number of aromatic amines is 1. The van der Waals surface area contributed by atoms with Gasteiger partial charge in [0.15, 0.2) is 4.77 Å². The first kappa shape index (κ1) is 12.6. The predicted octanol–water partition coefficient (Wildman–Crippen LogP) is 3.89. The van der Waals surface area contributed by atoms with Crippen LogP contribution in [0.4, 0.5) is 4.39 Å². The highest BCUT2D eigenvalue weighted by atomic mass is 32.1. The summed E-state index contributed by atoms with van der Waals surface area (Å²) in [5.74, 6) is -0.326. The molecule has 20 heavy (non-hydrogen) atoms. The third kappa shape index (κ3) is 2.00. The van der Waals surface area contributed by atoms with Crippen molar-refractivity contribution in [3.8, 4) is 11.8 Å². The lowest BCUT2D eigenvalue weighted by atomic mass is 10.1. The minimum absolute atomic E-state index is 0.326. The van der Waals surface area contributed by atoms with Crippen LogP contribution in [0.2, 0.25) is 0 Å². The molecule has 1 N–H and O–H groups in total. The van der Waals surface area contributed by atoms with Gasteiger partial charge in [-0.25, -0.2) is 4.39 Å². The van der Waals surface area contributed by atoms with Crippen molar-refractivity contribution < 1.29 is 4.39 Å². The fourth-order valence-corrected chi connectivity index (χ4v) is 2.51. The van der Waals surface area contributed by atoms with E-state index in [-0.39, 0.29) is 5.82 Å². The summed E-state index contributed by atoms with van der Waals surface area (Å²) in [6, 6.07) is 14.5. The van der Waals surface area contributed by atoms with Crippen molar-refractivity contribution in [3.05, 3.63) is 58.6 Å². The van der Waals surface area contributed by atoms with Gasteiger partial charge in [0.2, 0.25) is 0 Å². The van der Waals surface area contributed by atoms with Gasteiger partial charge in [-0.15, -0.1) is 0 Å². The van der Waals surface area contributed by atoms with Gasteiger partial charge < -0.3 is 4.98 Å². The van der Waals surface area contributed by atoms with Crippen LogP contribution in [-0.2, 0) is 6.42 Å². The van der Waals surface area contributed by atoms with Crippen LogP contribution in [0.5, 0.6) is 0 Å². The maximum absolute atomic E-state index is 13.7. The zero-order valence-electron chi connectivity index (χ0n) is 10.4. The maximum Gasteiger partial charge on any atom is 0.182 e. The number of hydrogen-bond donors (Lipinski definition) is 1. The molecule has 3 rings (SSSR count). The summed E-state index contributed by atoms with van der Waals surface area (Å²) >= 11 is 5.27. The Balaban J connectivity index is 2.19. The van der Waals surface area contributed by atoms with E-state index in [1.807, 2.05) is 30.3 Å². The molecule has 0 atom stereocenters. The van der Waals surface area contributed by atoms with Crippen molar-refractivity contribution in [3.63, 3.8) is 0 Å². The molecule has 0 aliphatic carbocycles. The molecular formula is C15H10FN3S. The number of nitriles is 1. The summed E-state index contributed by atoms with van der Waals surface area (Å²) in [7, 11) is 0. The first-order chi connectivity index (χ1) is 9.70. The monoisotopic (exact) mass is 283 g/mol. The Kier molecular flexibility index (Phi) is 3.09. The second-order valence-corrected chi connectivity index (χ2v) is 4.79. The molecule has 0 aliphatic heterocycles. The van der Waals surface area contributed by atoms with Gasteiger partial charge in [-0.05, 0) is 42.0 Å². The molecule has 1 aromatic heterocycles. The molecule has 0 fully saturated rings. The second kappa shape index (κ2) is 4.91. The van der Waals surface area contributed by atoms with E-state index in [1.54, 1.807) is 10.6 Å². The van der Waals surface area contributed by atoms with Gasteiger partial charge in [0, 0.05) is 5.69 Å². The SMILES string of the molecule is N#CCc1ccc(-n2c(=S)[nH]c3c(F)cccc32)cc1. The summed E-state index contributed by atoms with van der Waals surface area (Å²) in [4.78, 5) is 2.88. The Morgan fingerprint density at radius 3 is 2.65 bits per heavy atom. The smallest absolute Gasteiger partial charge is 0.182 e. The van der Waals surface area contributed by atoms with E-state index >= 15 is 0 Å². The van der Waals surface area contributed by atoms with E-state index in [4.69, 9.17) is 17.5 Å². The van der Waals surface area contributed by atoms with Gasteiger partial charge in [0.1, 0.15) is 11.3 Å². The van der Waals surface area contributed by atoms with E-state index in [9.17, 15) is 4.39 Å². The van der Waals surface area contributed by atoms with Crippen molar-refractivity contribution in [2.75, 3.05) is 0 Å². The normalized spacial score (nSPS) is 10.6. The first-order valence-electron chi connectivity index (χ1n) is 6.06. The van der Waals surface area contributed by atoms with E-state index in [2.05, 4.69) is 11.1 Å². The summed E-state index contributed by atoms with van der Waals surface area (Å²) in [6.45, 7) is 0. The van der Waals surface area contributed by atoms with Gasteiger partial charge in [0.25, 0.3) is 0 Å². The molecule has 0 aliphatic rings. The summed E-state index contributed by atoms with van der Waals surface area (Å²) in [6.07, 6.45) is 0.369. The van der Waals surface area contributed by atoms with Gasteiger partial charge in [-0.2, -0.15) is 5.26 Å². The van der Waals surface area contributed by atoms with Crippen molar-refractivity contribution in [1.29, 1.82) is 5.26 Å². The quantitative estimate of drug-likeness (QED) is 0.725. The number of H-pyrrole nitrogens is 1. The van der Waals surface area contributed by atoms with Crippen molar-refractivity contribution >= 4 is 23.3 Å². The van der Waals surface area contributed by atoms with Crippen LogP contribution in [0.15, 0.2) is 42.5 Å². The number of nitrogens with one attached hydrogen (secondary N) is 1. The fourth-order valence-electron chi connectivity index (χ4n) is 2.21. The predicted molar refractivity (Wildman–Crippen MR) is 77.7 cm³/mol. The molecule has 0 radical (unpaired) electrons. The first-order valence-corrected chi connectivity index (χ1v) is 6.47. The number of fused-ring (bicyclic) bond motifs is 1. The average molecular weight is 283 g/mol. The van der Waals surface area contributed by atoms with Gasteiger partial charge in [-0.3, -0.25) is 4.57 Å². The number of rotatable bonds is 2. The lowest BCUT2D eigenvalue weighted by Gasteiger charge is -2.05. The molecule has 0 spiro atoms. The Labute approximate surface area is 119 Å². The van der Waals surface area contributed by atoms with E-state index in [1.165, 1.54) is 6.07 Å². The molecule has 5 heteroatoms. The highest BCUT2D eigenvalue weighted by Gasteiger charge is 2.09. The summed E-state index contributed by atoms with van der Waals surface area (Å²) < 4.78 is 16.0. The van der Waals surface area contributed by atoms with Crippen LogP contribution in [0, 0.1) is 21.9 Å². The maximum atomic E-state index is 13.7. The molecule has 2 aromatic carbocycles. The number of halogens is 1. The average Bonchev–Trinajstić information content (AvgIpc) is 2.78. The van der Waals surface area contributed by atoms with Gasteiger partial charge >= 0.3 is 0 Å². The molecule has 0 bridgehead atoms. The molecular weight excluding hydrogens is 273 g/mol. The minimum atomic E-state index is -0.326. The Hall–Kier alpha value is -2.45. The van der Waals surface area contributed by atoms with Crippen LogP contribution in [0.25, 0.3) is 16.7 Å². The third-order valence-electron chi connectivity index (χ3n) is 3.15. The van der Waals surface area contributed by atoms with Crippen LogP contribution >= 0.6 is 12.2 Å². The van der Waals surface area contributed by atoms with Crippen LogP contribution in [0.1, 0.15) is 5.56 Å².